The van der Waals surface area contributed by atoms with Gasteiger partial charge in [-0.3, -0.25) is 4.79 Å². The molecule has 1 amide bonds. The summed E-state index contributed by atoms with van der Waals surface area (Å²) in [5, 5.41) is 0. The van der Waals surface area contributed by atoms with Gasteiger partial charge in [-0.15, -0.1) is 12.3 Å². The topological polar surface area (TPSA) is 46.3 Å². The van der Waals surface area contributed by atoms with E-state index >= 15 is 0 Å². The van der Waals surface area contributed by atoms with Crippen LogP contribution in [0.4, 0.5) is 0 Å². The van der Waals surface area contributed by atoms with Crippen LogP contribution < -0.4 is 5.73 Å². The number of terminal acetylenes is 1. The van der Waals surface area contributed by atoms with Crippen molar-refractivity contribution in [1.82, 2.24) is 4.90 Å². The van der Waals surface area contributed by atoms with E-state index in [0.717, 1.165) is 38.6 Å². The van der Waals surface area contributed by atoms with Gasteiger partial charge in [0.15, 0.2) is 0 Å². The van der Waals surface area contributed by atoms with Crippen LogP contribution in [0, 0.1) is 18.3 Å². The summed E-state index contributed by atoms with van der Waals surface area (Å²) >= 11 is 0. The smallest absolute Gasteiger partial charge is 0.222 e. The number of amides is 1. The minimum atomic E-state index is 0.249. The zero-order chi connectivity index (χ0) is 12.7. The van der Waals surface area contributed by atoms with Crippen LogP contribution in [0.5, 0.6) is 0 Å². The summed E-state index contributed by atoms with van der Waals surface area (Å²) in [5.74, 6) is 3.54. The van der Waals surface area contributed by atoms with Gasteiger partial charge in [0.2, 0.25) is 5.91 Å². The molecule has 1 aliphatic rings. The molecule has 3 heteroatoms. The van der Waals surface area contributed by atoms with E-state index in [9.17, 15) is 4.79 Å². The molecule has 0 bridgehead atoms. The molecule has 1 saturated heterocycles. The highest BCUT2D eigenvalue weighted by Gasteiger charge is 2.28. The van der Waals surface area contributed by atoms with Crippen LogP contribution in [0.2, 0.25) is 0 Å². The number of carbonyl (C=O) groups is 1. The number of hydrogen-bond donors (Lipinski definition) is 1. The largest absolute Gasteiger partial charge is 0.338 e. The Hall–Kier alpha value is -1.01. The molecule has 96 valence electrons. The quantitative estimate of drug-likeness (QED) is 0.584. The highest BCUT2D eigenvalue weighted by atomic mass is 16.2. The van der Waals surface area contributed by atoms with E-state index in [-0.39, 0.29) is 11.9 Å². The zero-order valence-corrected chi connectivity index (χ0v) is 10.8. The monoisotopic (exact) mass is 236 g/mol. The van der Waals surface area contributed by atoms with E-state index in [4.69, 9.17) is 12.2 Å². The van der Waals surface area contributed by atoms with E-state index in [0.29, 0.717) is 18.9 Å². The summed E-state index contributed by atoms with van der Waals surface area (Å²) in [6.07, 6.45) is 10.6. The minimum absolute atomic E-state index is 0.249. The fourth-order valence-electron chi connectivity index (χ4n) is 2.45. The van der Waals surface area contributed by atoms with Gasteiger partial charge in [-0.05, 0) is 31.6 Å². The van der Waals surface area contributed by atoms with E-state index in [1.54, 1.807) is 0 Å². The first-order chi connectivity index (χ1) is 8.19. The number of nitrogens with two attached hydrogens (primary N) is 1. The lowest BCUT2D eigenvalue weighted by Gasteiger charge is -2.38. The van der Waals surface area contributed by atoms with Crippen molar-refractivity contribution in [3.05, 3.63) is 0 Å². The lowest BCUT2D eigenvalue weighted by Crippen LogP contribution is -2.49. The van der Waals surface area contributed by atoms with Crippen molar-refractivity contribution < 1.29 is 4.79 Å². The van der Waals surface area contributed by atoms with E-state index in [1.807, 2.05) is 4.90 Å². The molecule has 2 unspecified atom stereocenters. The second kappa shape index (κ2) is 7.34. The third-order valence-electron chi connectivity index (χ3n) is 3.53. The summed E-state index contributed by atoms with van der Waals surface area (Å²) in [7, 11) is 0. The van der Waals surface area contributed by atoms with Crippen LogP contribution in [-0.2, 0) is 4.79 Å². The zero-order valence-electron chi connectivity index (χ0n) is 10.8. The van der Waals surface area contributed by atoms with Gasteiger partial charge in [0.05, 0.1) is 0 Å². The highest BCUT2D eigenvalue weighted by molar-refractivity contribution is 5.76. The van der Waals surface area contributed by atoms with Crippen molar-refractivity contribution in [1.29, 1.82) is 0 Å². The maximum atomic E-state index is 12.1. The fraction of sp³-hybridized carbons (Fsp3) is 0.786. The third kappa shape index (κ3) is 4.40. The molecule has 0 aromatic heterocycles. The van der Waals surface area contributed by atoms with Crippen molar-refractivity contribution in [2.45, 2.75) is 51.5 Å². The number of piperidine rings is 1. The van der Waals surface area contributed by atoms with Crippen molar-refractivity contribution >= 4 is 5.91 Å². The molecule has 2 atom stereocenters. The Bertz CT molecular complexity index is 282. The summed E-state index contributed by atoms with van der Waals surface area (Å²) in [5.41, 5.74) is 5.75. The number of likely N-dealkylation sites (tertiary alicyclic amines) is 1. The van der Waals surface area contributed by atoms with Crippen molar-refractivity contribution in [3.63, 3.8) is 0 Å². The van der Waals surface area contributed by atoms with Gasteiger partial charge in [0.25, 0.3) is 0 Å². The minimum Gasteiger partial charge on any atom is -0.338 e. The van der Waals surface area contributed by atoms with Crippen LogP contribution >= 0.6 is 0 Å². The molecular formula is C14H24N2O. The third-order valence-corrected chi connectivity index (χ3v) is 3.53. The molecule has 1 rings (SSSR count). The molecule has 2 N–H and O–H groups in total. The molecule has 1 aliphatic heterocycles. The highest BCUT2D eigenvalue weighted by Crippen LogP contribution is 2.22. The maximum Gasteiger partial charge on any atom is 0.222 e. The first kappa shape index (κ1) is 14.1. The molecule has 17 heavy (non-hydrogen) atoms. The first-order valence-corrected chi connectivity index (χ1v) is 6.62. The molecule has 0 aliphatic carbocycles. The van der Waals surface area contributed by atoms with E-state index in [1.165, 1.54) is 0 Å². The Balaban J connectivity index is 2.36. The van der Waals surface area contributed by atoms with Crippen LogP contribution in [0.1, 0.15) is 45.4 Å². The molecule has 0 radical (unpaired) electrons. The van der Waals surface area contributed by atoms with Gasteiger partial charge < -0.3 is 10.6 Å². The number of hydrogen-bond acceptors (Lipinski definition) is 2. The van der Waals surface area contributed by atoms with Crippen LogP contribution in [0.3, 0.4) is 0 Å². The Labute approximate surface area is 105 Å². The van der Waals surface area contributed by atoms with Gasteiger partial charge in [-0.1, -0.05) is 6.92 Å². The molecule has 0 aromatic rings. The average Bonchev–Trinajstić information content (AvgIpc) is 2.34. The van der Waals surface area contributed by atoms with Gasteiger partial charge in [0.1, 0.15) is 0 Å². The van der Waals surface area contributed by atoms with Gasteiger partial charge in [-0.25, -0.2) is 0 Å². The summed E-state index contributed by atoms with van der Waals surface area (Å²) in [6, 6.07) is 0.249. The second-order valence-electron chi connectivity index (χ2n) is 5.02. The number of carbonyl (C=O) groups excluding carboxylic acids is 1. The van der Waals surface area contributed by atoms with Gasteiger partial charge in [-0.2, -0.15) is 0 Å². The van der Waals surface area contributed by atoms with Gasteiger partial charge in [0, 0.05) is 32.0 Å². The summed E-state index contributed by atoms with van der Waals surface area (Å²) in [4.78, 5) is 14.0. The molecule has 3 nitrogen and oxygen atoms in total. The standard InChI is InChI=1S/C14H24N2O/c1-3-4-5-6-7-14(17)16-9-8-12(2)10-13(16)11-15/h1,12-13H,4-11,15H2,2H3. The van der Waals surface area contributed by atoms with Crippen LogP contribution in [0.25, 0.3) is 0 Å². The van der Waals surface area contributed by atoms with Crippen LogP contribution in [-0.4, -0.2) is 29.9 Å². The first-order valence-electron chi connectivity index (χ1n) is 6.62. The SMILES string of the molecule is C#CCCCCC(=O)N1CCC(C)CC1CN. The average molecular weight is 236 g/mol. The normalized spacial score (nSPS) is 24.4. The number of rotatable bonds is 5. The molecule has 1 heterocycles. The maximum absolute atomic E-state index is 12.1. The predicted octanol–water partition coefficient (Wildman–Crippen LogP) is 1.77. The molecule has 0 saturated carbocycles. The lowest BCUT2D eigenvalue weighted by atomic mass is 9.92. The Morgan fingerprint density at radius 3 is 2.94 bits per heavy atom. The Morgan fingerprint density at radius 2 is 2.29 bits per heavy atom. The fourth-order valence-corrected chi connectivity index (χ4v) is 2.45. The number of unbranched alkanes of at least 4 members (excludes halogenated alkanes) is 2. The van der Waals surface area contributed by atoms with E-state index < -0.39 is 0 Å². The summed E-state index contributed by atoms with van der Waals surface area (Å²) in [6.45, 7) is 3.69. The van der Waals surface area contributed by atoms with Crippen molar-refractivity contribution in [3.8, 4) is 12.3 Å². The Morgan fingerprint density at radius 1 is 1.53 bits per heavy atom. The molecular weight excluding hydrogens is 212 g/mol. The van der Waals surface area contributed by atoms with Crippen LogP contribution in [0.15, 0.2) is 0 Å². The lowest BCUT2D eigenvalue weighted by molar-refractivity contribution is -0.135. The predicted molar refractivity (Wildman–Crippen MR) is 70.3 cm³/mol. The molecule has 0 spiro atoms. The van der Waals surface area contributed by atoms with Gasteiger partial charge >= 0.3 is 0 Å². The van der Waals surface area contributed by atoms with E-state index in [2.05, 4.69) is 12.8 Å². The Kier molecular flexibility index (Phi) is 6.07. The molecule has 0 aromatic carbocycles. The van der Waals surface area contributed by atoms with Crippen molar-refractivity contribution in [2.75, 3.05) is 13.1 Å². The summed E-state index contributed by atoms with van der Waals surface area (Å²) < 4.78 is 0. The van der Waals surface area contributed by atoms with Crippen molar-refractivity contribution in [2.24, 2.45) is 11.7 Å². The molecule has 1 fully saturated rings. The second-order valence-corrected chi connectivity index (χ2v) is 5.02. The number of nitrogens with zero attached hydrogens (tertiary/aromatic N) is 1.